The summed E-state index contributed by atoms with van der Waals surface area (Å²) < 4.78 is 4.23. The zero-order chi connectivity index (χ0) is 16.9. The minimum absolute atomic E-state index is 0.176. The SMILES string of the molecule is C=C(C)C(=O)O.C=C(C)C(=O)OCC(=O)O.CC(=O)O. The monoisotopic (exact) mass is 290 g/mol. The molecule has 0 heterocycles. The lowest BCUT2D eigenvalue weighted by molar-refractivity contribution is -0.152. The van der Waals surface area contributed by atoms with E-state index in [1.54, 1.807) is 0 Å². The van der Waals surface area contributed by atoms with Crippen molar-refractivity contribution in [2.24, 2.45) is 0 Å². The summed E-state index contributed by atoms with van der Waals surface area (Å²) in [6.45, 7) is 9.79. The van der Waals surface area contributed by atoms with Gasteiger partial charge in [-0.15, -0.1) is 0 Å². The molecule has 0 aromatic heterocycles. The quantitative estimate of drug-likeness (QED) is 0.513. The summed E-state index contributed by atoms with van der Waals surface area (Å²) in [4.78, 5) is 38.9. The first kappa shape index (κ1) is 22.5. The van der Waals surface area contributed by atoms with Crippen LogP contribution in [0.25, 0.3) is 0 Å². The molecule has 0 aliphatic carbocycles. The van der Waals surface area contributed by atoms with E-state index < -0.39 is 30.5 Å². The van der Waals surface area contributed by atoms with Crippen molar-refractivity contribution in [1.29, 1.82) is 0 Å². The highest BCUT2D eigenvalue weighted by Crippen LogP contribution is 1.90. The summed E-state index contributed by atoms with van der Waals surface area (Å²) in [5.74, 6) is -3.62. The Kier molecular flexibility index (Phi) is 14.4. The van der Waals surface area contributed by atoms with E-state index in [0.29, 0.717) is 0 Å². The van der Waals surface area contributed by atoms with Crippen molar-refractivity contribution >= 4 is 23.9 Å². The number of carbonyl (C=O) groups excluding carboxylic acids is 1. The van der Waals surface area contributed by atoms with Crippen LogP contribution in [0.4, 0.5) is 0 Å². The minimum Gasteiger partial charge on any atom is -0.481 e. The molecule has 0 aromatic carbocycles. The second-order valence-corrected chi connectivity index (χ2v) is 3.35. The van der Waals surface area contributed by atoms with E-state index in [9.17, 15) is 14.4 Å². The zero-order valence-electron chi connectivity index (χ0n) is 11.5. The van der Waals surface area contributed by atoms with Gasteiger partial charge in [-0.3, -0.25) is 4.79 Å². The highest BCUT2D eigenvalue weighted by molar-refractivity contribution is 5.88. The number of rotatable bonds is 4. The molecule has 0 aromatic rings. The van der Waals surface area contributed by atoms with Gasteiger partial charge in [0.1, 0.15) is 0 Å². The molecule has 0 unspecified atom stereocenters. The third-order valence-electron chi connectivity index (χ3n) is 1.04. The topological polar surface area (TPSA) is 138 Å². The van der Waals surface area contributed by atoms with Gasteiger partial charge in [0, 0.05) is 18.1 Å². The predicted molar refractivity (Wildman–Crippen MR) is 69.2 cm³/mol. The Labute approximate surface area is 116 Å². The Balaban J connectivity index is -0.000000246. The van der Waals surface area contributed by atoms with Crippen LogP contribution in [0.15, 0.2) is 24.3 Å². The number of carboxylic acid groups (broad SMARTS) is 3. The smallest absolute Gasteiger partial charge is 0.341 e. The normalized spacial score (nSPS) is 7.75. The van der Waals surface area contributed by atoms with E-state index in [2.05, 4.69) is 17.9 Å². The maximum Gasteiger partial charge on any atom is 0.341 e. The Hall–Kier alpha value is -2.64. The number of hydrogen-bond acceptors (Lipinski definition) is 5. The fraction of sp³-hybridized carbons (Fsp3) is 0.333. The molecule has 0 bridgehead atoms. The predicted octanol–water partition coefficient (Wildman–Crippen LogP) is 0.928. The van der Waals surface area contributed by atoms with Crippen LogP contribution in [0.3, 0.4) is 0 Å². The van der Waals surface area contributed by atoms with Gasteiger partial charge in [-0.05, 0) is 13.8 Å². The van der Waals surface area contributed by atoms with Gasteiger partial charge in [0.2, 0.25) is 0 Å². The molecule has 0 spiro atoms. The van der Waals surface area contributed by atoms with Crippen molar-refractivity contribution in [3.05, 3.63) is 24.3 Å². The van der Waals surface area contributed by atoms with Crippen LogP contribution in [-0.2, 0) is 23.9 Å². The third kappa shape index (κ3) is 29.5. The lowest BCUT2D eigenvalue weighted by Crippen LogP contribution is -2.12. The van der Waals surface area contributed by atoms with E-state index in [4.69, 9.17) is 20.1 Å². The summed E-state index contributed by atoms with van der Waals surface area (Å²) in [5.41, 5.74) is 0.372. The summed E-state index contributed by atoms with van der Waals surface area (Å²) in [5, 5.41) is 23.3. The van der Waals surface area contributed by atoms with Gasteiger partial charge in [0.15, 0.2) is 6.61 Å². The second-order valence-electron chi connectivity index (χ2n) is 3.35. The molecule has 0 saturated heterocycles. The lowest BCUT2D eigenvalue weighted by atomic mass is 10.4. The number of esters is 1. The molecule has 0 rings (SSSR count). The molecule has 3 N–H and O–H groups in total. The van der Waals surface area contributed by atoms with E-state index >= 15 is 0 Å². The Morgan fingerprint density at radius 3 is 1.35 bits per heavy atom. The van der Waals surface area contributed by atoms with Crippen LogP contribution >= 0.6 is 0 Å². The van der Waals surface area contributed by atoms with Gasteiger partial charge in [-0.25, -0.2) is 14.4 Å². The fourth-order valence-electron chi connectivity index (χ4n) is 0.250. The Morgan fingerprint density at radius 2 is 1.20 bits per heavy atom. The van der Waals surface area contributed by atoms with Crippen molar-refractivity contribution in [1.82, 2.24) is 0 Å². The van der Waals surface area contributed by atoms with Gasteiger partial charge >= 0.3 is 17.9 Å². The second kappa shape index (κ2) is 12.8. The summed E-state index contributed by atoms with van der Waals surface area (Å²) in [6, 6.07) is 0. The molecule has 0 aliphatic rings. The lowest BCUT2D eigenvalue weighted by Gasteiger charge is -1.98. The molecule has 0 fully saturated rings. The van der Waals surface area contributed by atoms with Crippen molar-refractivity contribution in [2.75, 3.05) is 6.61 Å². The van der Waals surface area contributed by atoms with Gasteiger partial charge in [-0.1, -0.05) is 13.2 Å². The van der Waals surface area contributed by atoms with Crippen LogP contribution in [0, 0.1) is 0 Å². The van der Waals surface area contributed by atoms with Crippen molar-refractivity contribution in [2.45, 2.75) is 20.8 Å². The number of carboxylic acids is 3. The average molecular weight is 290 g/mol. The highest BCUT2D eigenvalue weighted by Gasteiger charge is 2.04. The molecule has 8 nitrogen and oxygen atoms in total. The highest BCUT2D eigenvalue weighted by atomic mass is 16.5. The number of carbonyl (C=O) groups is 4. The number of ether oxygens (including phenoxy) is 1. The molecule has 20 heavy (non-hydrogen) atoms. The molecule has 0 atom stereocenters. The molecule has 8 heteroatoms. The maximum absolute atomic E-state index is 10.5. The number of hydrogen-bond donors (Lipinski definition) is 3. The van der Waals surface area contributed by atoms with Crippen LogP contribution in [0.2, 0.25) is 0 Å². The van der Waals surface area contributed by atoms with Crippen molar-refractivity contribution in [3.8, 4) is 0 Å². The Bertz CT molecular complexity index is 378. The molecular formula is C12H18O8. The van der Waals surface area contributed by atoms with Crippen molar-refractivity contribution < 1.29 is 39.2 Å². The first-order valence-electron chi connectivity index (χ1n) is 5.04. The first-order valence-corrected chi connectivity index (χ1v) is 5.04. The van der Waals surface area contributed by atoms with E-state index in [1.165, 1.54) is 13.8 Å². The largest absolute Gasteiger partial charge is 0.481 e. The van der Waals surface area contributed by atoms with Crippen LogP contribution < -0.4 is 0 Å². The summed E-state index contributed by atoms with van der Waals surface area (Å²) in [7, 11) is 0. The molecule has 0 amide bonds. The van der Waals surface area contributed by atoms with E-state index in [1.807, 2.05) is 0 Å². The van der Waals surface area contributed by atoms with Crippen molar-refractivity contribution in [3.63, 3.8) is 0 Å². The van der Waals surface area contributed by atoms with Gasteiger partial charge < -0.3 is 20.1 Å². The van der Waals surface area contributed by atoms with Gasteiger partial charge in [0.05, 0.1) is 0 Å². The fourth-order valence-corrected chi connectivity index (χ4v) is 0.250. The van der Waals surface area contributed by atoms with E-state index in [-0.39, 0.29) is 11.1 Å². The average Bonchev–Trinajstić information content (AvgIpc) is 2.25. The summed E-state index contributed by atoms with van der Waals surface area (Å²) in [6.07, 6.45) is 0. The minimum atomic E-state index is -1.17. The van der Waals surface area contributed by atoms with Crippen LogP contribution in [-0.4, -0.2) is 45.8 Å². The summed E-state index contributed by atoms with van der Waals surface area (Å²) >= 11 is 0. The van der Waals surface area contributed by atoms with Crippen LogP contribution in [0.5, 0.6) is 0 Å². The molecule has 114 valence electrons. The van der Waals surface area contributed by atoms with Crippen LogP contribution in [0.1, 0.15) is 20.8 Å². The standard InChI is InChI=1S/C6H8O4.C4H6O2.C2H4O2/c1-4(2)6(9)10-3-5(7)8;1-3(2)4(5)6;1-2(3)4/h1,3H2,2H3,(H,7,8);1H2,2H3,(H,5,6);1H3,(H,3,4). The maximum atomic E-state index is 10.5. The third-order valence-corrected chi connectivity index (χ3v) is 1.04. The Morgan fingerprint density at radius 1 is 0.900 bits per heavy atom. The molecule has 0 saturated carbocycles. The molecular weight excluding hydrogens is 272 g/mol. The van der Waals surface area contributed by atoms with E-state index in [0.717, 1.165) is 6.92 Å². The van der Waals surface area contributed by atoms with Gasteiger partial charge in [-0.2, -0.15) is 0 Å². The number of aliphatic carboxylic acids is 3. The first-order chi connectivity index (χ1) is 8.91. The molecule has 0 radical (unpaired) electrons. The van der Waals surface area contributed by atoms with Gasteiger partial charge in [0.25, 0.3) is 5.97 Å². The molecule has 0 aliphatic heterocycles. The zero-order valence-corrected chi connectivity index (χ0v) is 11.5.